The molecule has 0 aliphatic heterocycles. The van der Waals surface area contributed by atoms with Gasteiger partial charge in [0.05, 0.1) is 4.90 Å². The maximum absolute atomic E-state index is 13.2. The summed E-state index contributed by atoms with van der Waals surface area (Å²) in [5.41, 5.74) is 1.29. The van der Waals surface area contributed by atoms with Crippen molar-refractivity contribution in [3.05, 3.63) is 87.9 Å². The van der Waals surface area contributed by atoms with Crippen molar-refractivity contribution >= 4 is 27.3 Å². The van der Waals surface area contributed by atoms with Gasteiger partial charge in [0.2, 0.25) is 10.0 Å². The second kappa shape index (κ2) is 9.30. The molecule has 0 saturated heterocycles. The Morgan fingerprint density at radius 2 is 1.77 bits per heavy atom. The zero-order valence-corrected chi connectivity index (χ0v) is 18.5. The number of halogens is 1. The fourth-order valence-corrected chi connectivity index (χ4v) is 5.07. The normalized spacial score (nSPS) is 13.8. The van der Waals surface area contributed by atoms with E-state index >= 15 is 0 Å². The predicted octanol–water partition coefficient (Wildman–Crippen LogP) is 4.21. The van der Waals surface area contributed by atoms with E-state index in [1.807, 2.05) is 17.5 Å². The van der Waals surface area contributed by atoms with Gasteiger partial charge in [0.25, 0.3) is 5.91 Å². The van der Waals surface area contributed by atoms with Gasteiger partial charge in [0.15, 0.2) is 0 Å². The average Bonchev–Trinajstić information content (AvgIpc) is 3.48. The van der Waals surface area contributed by atoms with Crippen molar-refractivity contribution in [2.24, 2.45) is 0 Å². The first-order valence-corrected chi connectivity index (χ1v) is 12.5. The number of hydrogen-bond acceptors (Lipinski definition) is 4. The Bertz CT molecular complexity index is 1120. The van der Waals surface area contributed by atoms with Gasteiger partial charge in [-0.05, 0) is 72.7 Å². The highest BCUT2D eigenvalue weighted by Crippen LogP contribution is 2.30. The molecule has 1 aliphatic carbocycles. The van der Waals surface area contributed by atoms with Crippen LogP contribution in [-0.4, -0.2) is 31.8 Å². The lowest BCUT2D eigenvalue weighted by Crippen LogP contribution is -2.32. The van der Waals surface area contributed by atoms with Gasteiger partial charge in [0.1, 0.15) is 5.82 Å². The predicted molar refractivity (Wildman–Crippen MR) is 119 cm³/mol. The third kappa shape index (κ3) is 5.58. The van der Waals surface area contributed by atoms with Crippen LogP contribution in [0.5, 0.6) is 0 Å². The molecule has 0 spiro atoms. The second-order valence-electron chi connectivity index (χ2n) is 7.54. The van der Waals surface area contributed by atoms with E-state index < -0.39 is 10.0 Å². The summed E-state index contributed by atoms with van der Waals surface area (Å²) in [5.74, 6) is -0.463. The number of sulfonamides is 1. The van der Waals surface area contributed by atoms with Gasteiger partial charge in [-0.3, -0.25) is 4.79 Å². The van der Waals surface area contributed by atoms with Crippen LogP contribution in [0.1, 0.15) is 33.6 Å². The lowest BCUT2D eigenvalue weighted by Gasteiger charge is -2.23. The molecule has 1 N–H and O–H groups in total. The number of carbonyl (C=O) groups excluding carboxylic acids is 1. The molecule has 0 radical (unpaired) electrons. The van der Waals surface area contributed by atoms with Crippen LogP contribution in [0.3, 0.4) is 0 Å². The van der Waals surface area contributed by atoms with Crippen molar-refractivity contribution in [2.45, 2.75) is 36.7 Å². The van der Waals surface area contributed by atoms with E-state index in [4.69, 9.17) is 0 Å². The molecule has 0 atom stereocenters. The minimum Gasteiger partial charge on any atom is -0.331 e. The van der Waals surface area contributed by atoms with E-state index in [2.05, 4.69) is 4.72 Å². The SMILES string of the molecule is O=C(c1ccc(S(=O)(=O)NCCc2cccs2)cc1)N(Cc1ccc(F)cc1)C1CC1. The molecule has 1 aliphatic rings. The Balaban J connectivity index is 1.42. The maximum Gasteiger partial charge on any atom is 0.254 e. The van der Waals surface area contributed by atoms with E-state index in [-0.39, 0.29) is 22.7 Å². The first kappa shape index (κ1) is 21.7. The van der Waals surface area contributed by atoms with Gasteiger partial charge >= 0.3 is 0 Å². The van der Waals surface area contributed by atoms with Crippen LogP contribution in [0.4, 0.5) is 4.39 Å². The summed E-state index contributed by atoms with van der Waals surface area (Å²) in [6.07, 6.45) is 2.51. The molecule has 1 aromatic heterocycles. The number of carbonyl (C=O) groups is 1. The third-order valence-corrected chi connectivity index (χ3v) is 7.58. The quantitative estimate of drug-likeness (QED) is 0.522. The number of nitrogens with zero attached hydrogens (tertiary/aromatic N) is 1. The molecular weight excluding hydrogens is 435 g/mol. The molecule has 2 aromatic carbocycles. The second-order valence-corrected chi connectivity index (χ2v) is 10.3. The van der Waals surface area contributed by atoms with Crippen LogP contribution in [0.2, 0.25) is 0 Å². The molecule has 1 fully saturated rings. The molecule has 162 valence electrons. The summed E-state index contributed by atoms with van der Waals surface area (Å²) in [5, 5.41) is 1.96. The van der Waals surface area contributed by atoms with Crippen LogP contribution >= 0.6 is 11.3 Å². The molecular formula is C23H23FN2O3S2. The summed E-state index contributed by atoms with van der Waals surface area (Å²) < 4.78 is 40.8. The number of hydrogen-bond donors (Lipinski definition) is 1. The van der Waals surface area contributed by atoms with Crippen LogP contribution < -0.4 is 4.72 Å². The molecule has 1 heterocycles. The summed E-state index contributed by atoms with van der Waals surface area (Å²) in [4.78, 5) is 16.1. The lowest BCUT2D eigenvalue weighted by molar-refractivity contribution is 0.0730. The molecule has 0 bridgehead atoms. The first-order valence-electron chi connectivity index (χ1n) is 10.1. The van der Waals surface area contributed by atoms with Crippen LogP contribution in [0.25, 0.3) is 0 Å². The zero-order valence-electron chi connectivity index (χ0n) is 16.8. The van der Waals surface area contributed by atoms with E-state index in [0.29, 0.717) is 25.1 Å². The minimum atomic E-state index is -3.64. The highest BCUT2D eigenvalue weighted by Gasteiger charge is 2.33. The Labute approximate surface area is 185 Å². The Morgan fingerprint density at radius 3 is 2.39 bits per heavy atom. The molecule has 4 rings (SSSR count). The molecule has 1 saturated carbocycles. The Hall–Kier alpha value is -2.55. The fraction of sp³-hybridized carbons (Fsp3) is 0.261. The largest absolute Gasteiger partial charge is 0.331 e. The van der Waals surface area contributed by atoms with Crippen molar-refractivity contribution in [3.8, 4) is 0 Å². The topological polar surface area (TPSA) is 66.5 Å². The highest BCUT2D eigenvalue weighted by atomic mass is 32.2. The van der Waals surface area contributed by atoms with E-state index in [9.17, 15) is 17.6 Å². The number of thiophene rings is 1. The number of benzene rings is 2. The minimum absolute atomic E-state index is 0.131. The summed E-state index contributed by atoms with van der Waals surface area (Å²) in [6.45, 7) is 0.713. The van der Waals surface area contributed by atoms with E-state index in [1.165, 1.54) is 24.3 Å². The third-order valence-electron chi connectivity index (χ3n) is 5.17. The van der Waals surface area contributed by atoms with Gasteiger partial charge in [-0.2, -0.15) is 0 Å². The summed E-state index contributed by atoms with van der Waals surface area (Å²) in [7, 11) is -3.64. The van der Waals surface area contributed by atoms with Gasteiger partial charge in [-0.15, -0.1) is 11.3 Å². The number of rotatable bonds is 9. The Kier molecular flexibility index (Phi) is 6.50. The van der Waals surface area contributed by atoms with Crippen LogP contribution in [0, 0.1) is 5.82 Å². The number of nitrogens with one attached hydrogen (secondary N) is 1. The molecule has 3 aromatic rings. The van der Waals surface area contributed by atoms with Crippen molar-refractivity contribution < 1.29 is 17.6 Å². The standard InChI is InChI=1S/C23H23FN2O3S2/c24-19-7-3-17(4-8-19)16-26(20-9-10-20)23(27)18-5-11-22(12-6-18)31(28,29)25-14-13-21-2-1-15-30-21/h1-8,11-12,15,20,25H,9-10,13-14,16H2. The van der Waals surface area contributed by atoms with Crippen molar-refractivity contribution in [3.63, 3.8) is 0 Å². The van der Waals surface area contributed by atoms with Gasteiger partial charge < -0.3 is 4.90 Å². The highest BCUT2D eigenvalue weighted by molar-refractivity contribution is 7.89. The summed E-state index contributed by atoms with van der Waals surface area (Å²) >= 11 is 1.59. The van der Waals surface area contributed by atoms with Crippen LogP contribution in [0.15, 0.2) is 70.9 Å². The van der Waals surface area contributed by atoms with Crippen LogP contribution in [-0.2, 0) is 23.0 Å². The van der Waals surface area contributed by atoms with Crippen molar-refractivity contribution in [1.29, 1.82) is 0 Å². The van der Waals surface area contributed by atoms with Crippen molar-refractivity contribution in [2.75, 3.05) is 6.54 Å². The molecule has 5 nitrogen and oxygen atoms in total. The smallest absolute Gasteiger partial charge is 0.254 e. The maximum atomic E-state index is 13.2. The fourth-order valence-electron chi connectivity index (χ4n) is 3.33. The average molecular weight is 459 g/mol. The molecule has 8 heteroatoms. The van der Waals surface area contributed by atoms with Gasteiger partial charge in [0, 0.05) is 29.6 Å². The summed E-state index contributed by atoms with van der Waals surface area (Å²) in [6, 6.07) is 16.2. The van der Waals surface area contributed by atoms with E-state index in [1.54, 1.807) is 40.5 Å². The lowest BCUT2D eigenvalue weighted by atomic mass is 10.1. The Morgan fingerprint density at radius 1 is 1.06 bits per heavy atom. The van der Waals surface area contributed by atoms with Crippen molar-refractivity contribution in [1.82, 2.24) is 9.62 Å². The first-order chi connectivity index (χ1) is 14.9. The monoisotopic (exact) mass is 458 g/mol. The van der Waals surface area contributed by atoms with E-state index in [0.717, 1.165) is 23.3 Å². The van der Waals surface area contributed by atoms with Gasteiger partial charge in [-0.25, -0.2) is 17.5 Å². The molecule has 1 amide bonds. The molecule has 0 unspecified atom stereocenters. The van der Waals surface area contributed by atoms with Gasteiger partial charge in [-0.1, -0.05) is 18.2 Å². The molecule has 31 heavy (non-hydrogen) atoms. The zero-order chi connectivity index (χ0) is 21.8. The number of amides is 1.